The monoisotopic (exact) mass is 417 g/mol. The largest absolute Gasteiger partial charge is 0.321 e. The normalized spacial score (nSPS) is 16.5. The van der Waals surface area contributed by atoms with Crippen LogP contribution in [-0.2, 0) is 10.0 Å². The smallest absolute Gasteiger partial charge is 0.256 e. The van der Waals surface area contributed by atoms with E-state index in [0.29, 0.717) is 34.6 Å². The van der Waals surface area contributed by atoms with Crippen LogP contribution < -0.4 is 5.56 Å². The van der Waals surface area contributed by atoms with E-state index in [4.69, 9.17) is 11.6 Å². The second-order valence-corrected chi connectivity index (χ2v) is 9.29. The van der Waals surface area contributed by atoms with Crippen LogP contribution in [0.5, 0.6) is 0 Å². The van der Waals surface area contributed by atoms with E-state index in [2.05, 4.69) is 9.88 Å². The van der Waals surface area contributed by atoms with Crippen molar-refractivity contribution in [1.29, 1.82) is 0 Å². The number of nitrogens with one attached hydrogen (secondary N) is 1. The van der Waals surface area contributed by atoms with Gasteiger partial charge in [-0.1, -0.05) is 29.8 Å². The first-order chi connectivity index (χ1) is 13.4. The topological polar surface area (TPSA) is 73.5 Å². The van der Waals surface area contributed by atoms with Crippen molar-refractivity contribution in [1.82, 2.24) is 14.2 Å². The Kier molecular flexibility index (Phi) is 5.01. The van der Waals surface area contributed by atoms with E-state index in [1.165, 1.54) is 4.31 Å². The van der Waals surface area contributed by atoms with E-state index in [9.17, 15) is 13.2 Å². The van der Waals surface area contributed by atoms with Gasteiger partial charge in [-0.2, -0.15) is 4.31 Å². The number of fused-ring (bicyclic) bond motifs is 1. The predicted molar refractivity (Wildman–Crippen MR) is 111 cm³/mol. The van der Waals surface area contributed by atoms with Crippen LogP contribution in [0.25, 0.3) is 22.0 Å². The van der Waals surface area contributed by atoms with Crippen LogP contribution in [0.1, 0.15) is 0 Å². The maximum absolute atomic E-state index is 12.8. The van der Waals surface area contributed by atoms with Gasteiger partial charge in [-0.25, -0.2) is 8.42 Å². The highest BCUT2D eigenvalue weighted by molar-refractivity contribution is 7.89. The Hall–Kier alpha value is -2.19. The molecule has 3 aromatic rings. The van der Waals surface area contributed by atoms with Crippen LogP contribution >= 0.6 is 11.6 Å². The Bertz CT molecular complexity index is 1180. The second kappa shape index (κ2) is 7.33. The average molecular weight is 418 g/mol. The fraction of sp³-hybridized carbons (Fsp3) is 0.250. The molecule has 2 aromatic carbocycles. The van der Waals surface area contributed by atoms with Gasteiger partial charge < -0.3 is 9.88 Å². The van der Waals surface area contributed by atoms with E-state index in [-0.39, 0.29) is 10.5 Å². The molecule has 1 aliphatic rings. The number of pyridine rings is 1. The summed E-state index contributed by atoms with van der Waals surface area (Å²) < 4.78 is 27.2. The number of hydrogen-bond acceptors (Lipinski definition) is 4. The number of likely N-dealkylation sites (N-methyl/N-ethyl adjacent to an activating group) is 1. The minimum Gasteiger partial charge on any atom is -0.321 e. The Morgan fingerprint density at radius 3 is 2.32 bits per heavy atom. The number of H-pyrrole nitrogens is 1. The molecule has 1 aromatic heterocycles. The molecule has 6 nitrogen and oxygen atoms in total. The zero-order valence-corrected chi connectivity index (χ0v) is 16.9. The minimum absolute atomic E-state index is 0.232. The number of sulfonamides is 1. The first-order valence-corrected chi connectivity index (χ1v) is 10.8. The van der Waals surface area contributed by atoms with Gasteiger partial charge >= 0.3 is 0 Å². The van der Waals surface area contributed by atoms with Crippen molar-refractivity contribution in [2.45, 2.75) is 4.90 Å². The van der Waals surface area contributed by atoms with Gasteiger partial charge in [0.25, 0.3) is 5.56 Å². The molecule has 28 heavy (non-hydrogen) atoms. The van der Waals surface area contributed by atoms with Crippen LogP contribution in [0.4, 0.5) is 0 Å². The minimum atomic E-state index is -3.52. The summed E-state index contributed by atoms with van der Waals surface area (Å²) in [5.74, 6) is 0. The van der Waals surface area contributed by atoms with Crippen molar-refractivity contribution < 1.29 is 8.42 Å². The van der Waals surface area contributed by atoms with E-state index in [0.717, 1.165) is 18.7 Å². The molecular formula is C20H20ClN3O3S. The molecule has 0 bridgehead atoms. The molecule has 1 saturated heterocycles. The van der Waals surface area contributed by atoms with Crippen LogP contribution in [0.15, 0.2) is 58.2 Å². The highest BCUT2D eigenvalue weighted by Crippen LogP contribution is 2.26. The van der Waals surface area contributed by atoms with Crippen molar-refractivity contribution in [3.8, 4) is 11.3 Å². The zero-order chi connectivity index (χ0) is 19.9. The maximum Gasteiger partial charge on any atom is 0.256 e. The molecule has 146 valence electrons. The Morgan fingerprint density at radius 2 is 1.64 bits per heavy atom. The lowest BCUT2D eigenvalue weighted by Gasteiger charge is -2.31. The molecule has 8 heteroatoms. The van der Waals surface area contributed by atoms with Crippen molar-refractivity contribution in [2.75, 3.05) is 33.2 Å². The van der Waals surface area contributed by atoms with Crippen LogP contribution in [-0.4, -0.2) is 55.8 Å². The third-order valence-corrected chi connectivity index (χ3v) is 7.34. The summed E-state index contributed by atoms with van der Waals surface area (Å²) >= 11 is 6.23. The first-order valence-electron chi connectivity index (χ1n) is 8.97. The highest BCUT2D eigenvalue weighted by Gasteiger charge is 2.27. The standard InChI is InChI=1S/C20H20ClN3O3S/c1-23-9-11-24(12-10-23)28(26,27)15-7-5-14(6-8-15)19-13-17-16(20(25)22-19)3-2-4-18(17)21/h2-8,13H,9-12H2,1H3,(H,22,25). The highest BCUT2D eigenvalue weighted by atomic mass is 35.5. The zero-order valence-electron chi connectivity index (χ0n) is 15.4. The summed E-state index contributed by atoms with van der Waals surface area (Å²) in [5, 5.41) is 1.68. The van der Waals surface area contributed by atoms with Gasteiger partial charge in [0.05, 0.1) is 4.90 Å². The third-order valence-electron chi connectivity index (χ3n) is 5.10. The van der Waals surface area contributed by atoms with Crippen LogP contribution in [0.3, 0.4) is 0 Å². The van der Waals surface area contributed by atoms with Gasteiger partial charge in [0.2, 0.25) is 10.0 Å². The number of rotatable bonds is 3. The lowest BCUT2D eigenvalue weighted by molar-refractivity contribution is 0.222. The van der Waals surface area contributed by atoms with Gasteiger partial charge in [0, 0.05) is 47.7 Å². The molecule has 0 unspecified atom stereocenters. The summed E-state index contributed by atoms with van der Waals surface area (Å²) in [5.41, 5.74) is 1.08. The molecule has 1 N–H and O–H groups in total. The van der Waals surface area contributed by atoms with Crippen LogP contribution in [0, 0.1) is 0 Å². The molecule has 0 aliphatic carbocycles. The summed E-state index contributed by atoms with van der Waals surface area (Å²) in [6.07, 6.45) is 0. The van der Waals surface area contributed by atoms with Crippen molar-refractivity contribution >= 4 is 32.4 Å². The summed E-state index contributed by atoms with van der Waals surface area (Å²) in [6.45, 7) is 2.40. The van der Waals surface area contributed by atoms with Crippen molar-refractivity contribution in [2.24, 2.45) is 0 Å². The van der Waals surface area contributed by atoms with Gasteiger partial charge in [0.1, 0.15) is 0 Å². The molecule has 0 radical (unpaired) electrons. The summed E-state index contributed by atoms with van der Waals surface area (Å²) in [7, 11) is -1.54. The number of halogens is 1. The van der Waals surface area contributed by atoms with E-state index < -0.39 is 10.0 Å². The predicted octanol–water partition coefficient (Wildman–Crippen LogP) is 2.78. The van der Waals surface area contributed by atoms with E-state index >= 15 is 0 Å². The van der Waals surface area contributed by atoms with Gasteiger partial charge in [-0.05, 0) is 42.9 Å². The van der Waals surface area contributed by atoms with E-state index in [1.807, 2.05) is 13.1 Å². The Morgan fingerprint density at radius 1 is 0.964 bits per heavy atom. The quantitative estimate of drug-likeness (QED) is 0.711. The summed E-state index contributed by atoms with van der Waals surface area (Å²) in [4.78, 5) is 17.6. The lowest BCUT2D eigenvalue weighted by atomic mass is 10.1. The molecule has 4 rings (SSSR count). The molecule has 0 atom stereocenters. The Balaban J connectivity index is 1.68. The van der Waals surface area contributed by atoms with Crippen molar-refractivity contribution in [3.05, 3.63) is 63.9 Å². The first kappa shape index (κ1) is 19.1. The fourth-order valence-electron chi connectivity index (χ4n) is 3.39. The number of aromatic amines is 1. The fourth-order valence-corrected chi connectivity index (χ4v) is 5.04. The van der Waals surface area contributed by atoms with E-state index in [1.54, 1.807) is 42.5 Å². The molecule has 0 spiro atoms. The Labute approximate surface area is 168 Å². The molecule has 2 heterocycles. The second-order valence-electron chi connectivity index (χ2n) is 6.94. The number of benzene rings is 2. The molecule has 1 aliphatic heterocycles. The molecule has 0 saturated carbocycles. The third kappa shape index (κ3) is 3.46. The average Bonchev–Trinajstić information content (AvgIpc) is 2.69. The SMILES string of the molecule is CN1CCN(S(=O)(=O)c2ccc(-c3cc4c(Cl)cccc4c(=O)[nH]3)cc2)CC1. The summed E-state index contributed by atoms with van der Waals surface area (Å²) in [6, 6.07) is 13.6. The maximum atomic E-state index is 12.8. The number of piperazine rings is 1. The van der Waals surface area contributed by atoms with Gasteiger partial charge in [0.15, 0.2) is 0 Å². The lowest BCUT2D eigenvalue weighted by Crippen LogP contribution is -2.46. The number of aromatic nitrogens is 1. The van der Waals surface area contributed by atoms with Crippen molar-refractivity contribution in [3.63, 3.8) is 0 Å². The van der Waals surface area contributed by atoms with Gasteiger partial charge in [-0.15, -0.1) is 0 Å². The molecule has 0 amide bonds. The van der Waals surface area contributed by atoms with Crippen LogP contribution in [0.2, 0.25) is 5.02 Å². The molecule has 1 fully saturated rings. The number of hydrogen-bond donors (Lipinski definition) is 1. The molecular weight excluding hydrogens is 398 g/mol. The number of nitrogens with zero attached hydrogens (tertiary/aromatic N) is 2. The van der Waals surface area contributed by atoms with Gasteiger partial charge in [-0.3, -0.25) is 4.79 Å².